The summed E-state index contributed by atoms with van der Waals surface area (Å²) in [4.78, 5) is 54.2. The molecule has 0 radical (unpaired) electrons. The molecule has 0 spiro atoms. The van der Waals surface area contributed by atoms with E-state index in [-0.39, 0.29) is 31.3 Å². The predicted octanol–water partition coefficient (Wildman–Crippen LogP) is -1.81. The maximum atomic E-state index is 13.2. The lowest BCUT2D eigenvalue weighted by Gasteiger charge is -2.27. The molecule has 0 fully saturated rings. The number of aliphatic hydroxyl groups is 1. The summed E-state index contributed by atoms with van der Waals surface area (Å²) in [5, 5.41) is 26.8. The predicted molar refractivity (Wildman–Crippen MR) is 138 cm³/mol. The highest BCUT2D eigenvalue weighted by atomic mass is 16.4. The van der Waals surface area contributed by atoms with Crippen molar-refractivity contribution in [3.8, 4) is 0 Å². The van der Waals surface area contributed by atoms with Crippen LogP contribution >= 0.6 is 0 Å². The van der Waals surface area contributed by atoms with Crippen molar-refractivity contribution in [1.82, 2.24) is 16.0 Å². The molecule has 1 aromatic carbocycles. The molecule has 0 aliphatic heterocycles. The number of carbonyl (C=O) groups is 4. The number of nitrogens with two attached hydrogens (primary N) is 3. The van der Waals surface area contributed by atoms with Gasteiger partial charge in [-0.2, -0.15) is 0 Å². The number of aliphatic hydroxyl groups excluding tert-OH is 1. The maximum absolute atomic E-state index is 13.2. The Kier molecular flexibility index (Phi) is 13.0. The minimum absolute atomic E-state index is 0.0613. The second-order valence-electron chi connectivity index (χ2n) is 9.10. The van der Waals surface area contributed by atoms with Gasteiger partial charge in [0.25, 0.3) is 0 Å². The third kappa shape index (κ3) is 11.3. The third-order valence-corrected chi connectivity index (χ3v) is 5.54. The topological polar surface area (TPSA) is 235 Å². The van der Waals surface area contributed by atoms with Gasteiger partial charge in [-0.3, -0.25) is 19.4 Å². The Bertz CT molecular complexity index is 935. The highest BCUT2D eigenvalue weighted by Gasteiger charge is 2.32. The number of carbonyl (C=O) groups excluding carboxylic acids is 3. The quantitative estimate of drug-likeness (QED) is 0.0736. The molecule has 37 heavy (non-hydrogen) atoms. The first kappa shape index (κ1) is 31.3. The van der Waals surface area contributed by atoms with Crippen LogP contribution < -0.4 is 33.2 Å². The molecule has 0 aliphatic carbocycles. The van der Waals surface area contributed by atoms with Crippen molar-refractivity contribution >= 4 is 29.7 Å². The largest absolute Gasteiger partial charge is 0.480 e. The molecule has 0 aromatic heterocycles. The number of amides is 3. The summed E-state index contributed by atoms with van der Waals surface area (Å²) in [7, 11) is 0. The van der Waals surface area contributed by atoms with Gasteiger partial charge in [-0.05, 0) is 31.2 Å². The van der Waals surface area contributed by atoms with Gasteiger partial charge in [0.2, 0.25) is 17.7 Å². The fourth-order valence-corrected chi connectivity index (χ4v) is 3.36. The zero-order valence-corrected chi connectivity index (χ0v) is 21.4. The molecule has 13 nitrogen and oxygen atoms in total. The normalized spacial score (nSPS) is 15.0. The molecular formula is C24H39N7O6. The summed E-state index contributed by atoms with van der Waals surface area (Å²) >= 11 is 0. The Morgan fingerprint density at radius 1 is 0.919 bits per heavy atom. The summed E-state index contributed by atoms with van der Waals surface area (Å²) in [5.74, 6) is -3.84. The number of carboxylic acid groups (broad SMARTS) is 1. The zero-order valence-electron chi connectivity index (χ0n) is 21.4. The van der Waals surface area contributed by atoms with E-state index in [1.54, 1.807) is 44.2 Å². The van der Waals surface area contributed by atoms with Crippen molar-refractivity contribution in [3.05, 3.63) is 35.9 Å². The second-order valence-corrected chi connectivity index (χ2v) is 9.10. The summed E-state index contributed by atoms with van der Waals surface area (Å²) in [5.41, 5.74) is 16.9. The SMILES string of the molecule is CC(C)C(NC(=O)C(N)C(C)O)C(=O)NC(Cc1ccccc1)C(=O)NC(CCCN=C(N)N)C(=O)O. The van der Waals surface area contributed by atoms with Crippen molar-refractivity contribution in [2.45, 2.75) is 70.3 Å². The molecular weight excluding hydrogens is 482 g/mol. The Morgan fingerprint density at radius 2 is 1.51 bits per heavy atom. The van der Waals surface area contributed by atoms with Crippen LogP contribution in [0.4, 0.5) is 0 Å². The molecule has 1 aromatic rings. The number of carboxylic acids is 1. The maximum Gasteiger partial charge on any atom is 0.326 e. The van der Waals surface area contributed by atoms with Gasteiger partial charge in [0, 0.05) is 13.0 Å². The lowest BCUT2D eigenvalue weighted by molar-refractivity contribution is -0.142. The number of benzene rings is 1. The number of nitrogens with one attached hydrogen (secondary N) is 3. The lowest BCUT2D eigenvalue weighted by Crippen LogP contribution is -2.59. The van der Waals surface area contributed by atoms with Crippen LogP contribution in [0.5, 0.6) is 0 Å². The fourth-order valence-electron chi connectivity index (χ4n) is 3.36. The van der Waals surface area contributed by atoms with E-state index < -0.39 is 54.0 Å². The van der Waals surface area contributed by atoms with Gasteiger partial charge in [0.15, 0.2) is 5.96 Å². The van der Waals surface area contributed by atoms with Gasteiger partial charge in [-0.25, -0.2) is 4.79 Å². The van der Waals surface area contributed by atoms with Crippen LogP contribution in [0.15, 0.2) is 35.3 Å². The second kappa shape index (κ2) is 15.4. The standard InChI is InChI=1S/C24H39N7O6/c1-13(2)19(31-21(34)18(25)14(3)32)22(35)30-17(12-15-8-5-4-6-9-15)20(33)29-16(23(36)37)10-7-11-28-24(26)27/h4-6,8-9,13-14,16-19,32H,7,10-12,25H2,1-3H3,(H,29,33)(H,30,35)(H,31,34)(H,36,37)(H4,26,27,28). The van der Waals surface area contributed by atoms with E-state index in [1.807, 2.05) is 0 Å². The monoisotopic (exact) mass is 521 g/mol. The molecule has 0 saturated carbocycles. The van der Waals surface area contributed by atoms with Gasteiger partial charge in [-0.1, -0.05) is 44.2 Å². The summed E-state index contributed by atoms with van der Waals surface area (Å²) in [6, 6.07) is 4.18. The molecule has 1 rings (SSSR count). The first-order valence-corrected chi connectivity index (χ1v) is 12.0. The van der Waals surface area contributed by atoms with E-state index in [0.29, 0.717) is 6.42 Å². The molecule has 5 atom stereocenters. The fraction of sp³-hybridized carbons (Fsp3) is 0.542. The highest BCUT2D eigenvalue weighted by Crippen LogP contribution is 2.09. The number of guanidine groups is 1. The molecule has 5 unspecified atom stereocenters. The lowest BCUT2D eigenvalue weighted by atomic mass is 10.00. The highest BCUT2D eigenvalue weighted by molar-refractivity contribution is 5.94. The molecule has 0 bridgehead atoms. The Balaban J connectivity index is 3.07. The minimum Gasteiger partial charge on any atom is -0.480 e. The van der Waals surface area contributed by atoms with E-state index in [4.69, 9.17) is 17.2 Å². The minimum atomic E-state index is -1.25. The van der Waals surface area contributed by atoms with Crippen LogP contribution in [0.1, 0.15) is 39.2 Å². The van der Waals surface area contributed by atoms with Crippen molar-refractivity contribution in [1.29, 1.82) is 0 Å². The molecule has 0 saturated heterocycles. The Labute approximate surface area is 216 Å². The number of hydrogen-bond donors (Lipinski definition) is 8. The van der Waals surface area contributed by atoms with Gasteiger partial charge >= 0.3 is 5.97 Å². The van der Waals surface area contributed by atoms with Gasteiger partial charge < -0.3 is 43.4 Å². The van der Waals surface area contributed by atoms with Crippen LogP contribution in [0.2, 0.25) is 0 Å². The molecule has 3 amide bonds. The summed E-state index contributed by atoms with van der Waals surface area (Å²) in [6.45, 7) is 4.94. The van der Waals surface area contributed by atoms with E-state index >= 15 is 0 Å². The van der Waals surface area contributed by atoms with Crippen LogP contribution in [-0.4, -0.2) is 76.7 Å². The third-order valence-electron chi connectivity index (χ3n) is 5.54. The van der Waals surface area contributed by atoms with Crippen molar-refractivity contribution in [2.75, 3.05) is 6.54 Å². The summed E-state index contributed by atoms with van der Waals surface area (Å²) < 4.78 is 0. The first-order valence-electron chi connectivity index (χ1n) is 12.0. The number of rotatable bonds is 15. The molecule has 206 valence electrons. The van der Waals surface area contributed by atoms with Crippen molar-refractivity contribution < 1.29 is 29.4 Å². The van der Waals surface area contributed by atoms with E-state index in [2.05, 4.69) is 20.9 Å². The average molecular weight is 522 g/mol. The van der Waals surface area contributed by atoms with Crippen LogP contribution in [0.3, 0.4) is 0 Å². The van der Waals surface area contributed by atoms with Crippen LogP contribution in [-0.2, 0) is 25.6 Å². The Hall–Kier alpha value is -3.71. The van der Waals surface area contributed by atoms with Crippen molar-refractivity contribution in [3.63, 3.8) is 0 Å². The zero-order chi connectivity index (χ0) is 28.1. The number of aliphatic imine (C=N–C) groups is 1. The number of aliphatic carboxylic acids is 1. The number of nitrogens with zero attached hydrogens (tertiary/aromatic N) is 1. The van der Waals surface area contributed by atoms with E-state index in [1.165, 1.54) is 6.92 Å². The van der Waals surface area contributed by atoms with E-state index in [9.17, 15) is 29.4 Å². The molecule has 11 N–H and O–H groups in total. The van der Waals surface area contributed by atoms with E-state index in [0.717, 1.165) is 5.56 Å². The number of hydrogen-bond acceptors (Lipinski definition) is 7. The molecule has 0 heterocycles. The average Bonchev–Trinajstić information content (AvgIpc) is 2.83. The molecule has 13 heteroatoms. The van der Waals surface area contributed by atoms with Gasteiger partial charge in [0.05, 0.1) is 6.10 Å². The summed E-state index contributed by atoms with van der Waals surface area (Å²) in [6.07, 6.45) is -0.695. The smallest absolute Gasteiger partial charge is 0.326 e. The van der Waals surface area contributed by atoms with Gasteiger partial charge in [-0.15, -0.1) is 0 Å². The van der Waals surface area contributed by atoms with Crippen LogP contribution in [0, 0.1) is 5.92 Å². The van der Waals surface area contributed by atoms with Crippen molar-refractivity contribution in [2.24, 2.45) is 28.1 Å². The Morgan fingerprint density at radius 3 is 2.03 bits per heavy atom. The van der Waals surface area contributed by atoms with Crippen LogP contribution in [0.25, 0.3) is 0 Å². The molecule has 0 aliphatic rings. The first-order chi connectivity index (χ1) is 17.3. The van der Waals surface area contributed by atoms with Gasteiger partial charge in [0.1, 0.15) is 24.2 Å².